The van der Waals surface area contributed by atoms with Gasteiger partial charge in [0.15, 0.2) is 5.69 Å². The highest BCUT2D eigenvalue weighted by molar-refractivity contribution is 5.94. The standard InChI is InChI=1S/C12H11N3O4/c1-2-19-12(16)11-10(13-7-14-11)8-3-5-9(6-4-8)15(17)18/h3-7H,2H2,1H3,(H,13,14). The molecule has 0 atom stereocenters. The van der Waals surface area contributed by atoms with Crippen molar-refractivity contribution in [2.45, 2.75) is 6.92 Å². The first-order chi connectivity index (χ1) is 9.13. The molecule has 2 rings (SSSR count). The van der Waals surface area contributed by atoms with Gasteiger partial charge >= 0.3 is 5.97 Å². The number of carbonyl (C=O) groups is 1. The Morgan fingerprint density at radius 1 is 1.42 bits per heavy atom. The number of H-pyrrole nitrogens is 1. The average molecular weight is 261 g/mol. The highest BCUT2D eigenvalue weighted by atomic mass is 16.6. The van der Waals surface area contributed by atoms with Gasteiger partial charge in [0.1, 0.15) is 5.69 Å². The summed E-state index contributed by atoms with van der Waals surface area (Å²) in [5, 5.41) is 10.6. The molecule has 0 aliphatic carbocycles. The van der Waals surface area contributed by atoms with Crippen molar-refractivity contribution in [1.82, 2.24) is 9.97 Å². The van der Waals surface area contributed by atoms with Crippen LogP contribution >= 0.6 is 0 Å². The maximum Gasteiger partial charge on any atom is 0.357 e. The third-order valence-corrected chi connectivity index (χ3v) is 2.47. The number of ether oxygens (including phenoxy) is 1. The number of esters is 1. The minimum absolute atomic E-state index is 0.0167. The number of hydrogen-bond donors (Lipinski definition) is 1. The smallest absolute Gasteiger partial charge is 0.357 e. The zero-order chi connectivity index (χ0) is 13.8. The lowest BCUT2D eigenvalue weighted by Gasteiger charge is -2.02. The molecule has 19 heavy (non-hydrogen) atoms. The number of benzene rings is 1. The molecule has 1 N–H and O–H groups in total. The third kappa shape index (κ3) is 2.59. The van der Waals surface area contributed by atoms with Gasteiger partial charge in [-0.3, -0.25) is 10.1 Å². The van der Waals surface area contributed by atoms with Crippen LogP contribution in [0.5, 0.6) is 0 Å². The van der Waals surface area contributed by atoms with E-state index < -0.39 is 10.9 Å². The van der Waals surface area contributed by atoms with Crippen LogP contribution in [0.1, 0.15) is 17.4 Å². The summed E-state index contributed by atoms with van der Waals surface area (Å²) in [5.41, 5.74) is 1.23. The Bertz CT molecular complexity index is 604. The van der Waals surface area contributed by atoms with E-state index in [0.29, 0.717) is 11.3 Å². The Morgan fingerprint density at radius 2 is 2.11 bits per heavy atom. The molecule has 0 aliphatic heterocycles. The first-order valence-electron chi connectivity index (χ1n) is 5.58. The lowest BCUT2D eigenvalue weighted by molar-refractivity contribution is -0.384. The van der Waals surface area contributed by atoms with Gasteiger partial charge in [0, 0.05) is 17.7 Å². The van der Waals surface area contributed by atoms with Gasteiger partial charge in [0.2, 0.25) is 0 Å². The quantitative estimate of drug-likeness (QED) is 0.516. The SMILES string of the molecule is CCOC(=O)c1[nH]cnc1-c1ccc([N+](=O)[O-])cc1. The lowest BCUT2D eigenvalue weighted by Crippen LogP contribution is -2.06. The van der Waals surface area contributed by atoms with Gasteiger partial charge in [-0.25, -0.2) is 9.78 Å². The zero-order valence-corrected chi connectivity index (χ0v) is 10.1. The molecule has 1 heterocycles. The summed E-state index contributed by atoms with van der Waals surface area (Å²) in [6.45, 7) is 1.97. The lowest BCUT2D eigenvalue weighted by atomic mass is 10.1. The summed E-state index contributed by atoms with van der Waals surface area (Å²) in [4.78, 5) is 28.5. The predicted octanol–water partition coefficient (Wildman–Crippen LogP) is 2.16. The molecule has 0 amide bonds. The number of nitrogens with zero attached hydrogens (tertiary/aromatic N) is 2. The van der Waals surface area contributed by atoms with Gasteiger partial charge in [-0.15, -0.1) is 0 Å². The minimum atomic E-state index is -0.506. The maximum atomic E-state index is 11.7. The minimum Gasteiger partial charge on any atom is -0.461 e. The van der Waals surface area contributed by atoms with Crippen molar-refractivity contribution in [3.8, 4) is 11.3 Å². The molecule has 7 nitrogen and oxygen atoms in total. The fourth-order valence-corrected chi connectivity index (χ4v) is 1.61. The molecule has 0 radical (unpaired) electrons. The molecule has 7 heteroatoms. The van der Waals surface area contributed by atoms with Crippen molar-refractivity contribution >= 4 is 11.7 Å². The van der Waals surface area contributed by atoms with E-state index in [9.17, 15) is 14.9 Å². The number of nitro benzene ring substituents is 1. The maximum absolute atomic E-state index is 11.7. The van der Waals surface area contributed by atoms with Crippen molar-refractivity contribution in [3.63, 3.8) is 0 Å². The van der Waals surface area contributed by atoms with Gasteiger partial charge < -0.3 is 9.72 Å². The Balaban J connectivity index is 2.34. The number of rotatable bonds is 4. The summed E-state index contributed by atoms with van der Waals surface area (Å²) >= 11 is 0. The Kier molecular flexibility index (Phi) is 3.56. The summed E-state index contributed by atoms with van der Waals surface area (Å²) in [6.07, 6.45) is 1.38. The molecular weight excluding hydrogens is 250 g/mol. The average Bonchev–Trinajstić information content (AvgIpc) is 2.88. The first kappa shape index (κ1) is 12.7. The number of non-ortho nitro benzene ring substituents is 1. The van der Waals surface area contributed by atoms with Crippen LogP contribution in [0.25, 0.3) is 11.3 Å². The number of aromatic amines is 1. The molecule has 0 saturated carbocycles. The van der Waals surface area contributed by atoms with Crippen LogP contribution in [0, 0.1) is 10.1 Å². The monoisotopic (exact) mass is 261 g/mol. The van der Waals surface area contributed by atoms with Crippen LogP contribution in [0.2, 0.25) is 0 Å². The van der Waals surface area contributed by atoms with Gasteiger partial charge in [-0.2, -0.15) is 0 Å². The zero-order valence-electron chi connectivity index (χ0n) is 10.1. The van der Waals surface area contributed by atoms with Gasteiger partial charge in [0.05, 0.1) is 17.9 Å². The van der Waals surface area contributed by atoms with E-state index in [0.717, 1.165) is 0 Å². The Morgan fingerprint density at radius 3 is 2.68 bits per heavy atom. The van der Waals surface area contributed by atoms with E-state index in [1.807, 2.05) is 0 Å². The van der Waals surface area contributed by atoms with Crippen molar-refractivity contribution in [2.75, 3.05) is 6.61 Å². The van der Waals surface area contributed by atoms with E-state index in [-0.39, 0.29) is 18.0 Å². The Hall–Kier alpha value is -2.70. The third-order valence-electron chi connectivity index (χ3n) is 2.47. The molecule has 0 aliphatic rings. The fraction of sp³-hybridized carbons (Fsp3) is 0.167. The van der Waals surface area contributed by atoms with Gasteiger partial charge in [-0.1, -0.05) is 0 Å². The van der Waals surface area contributed by atoms with Crippen molar-refractivity contribution < 1.29 is 14.5 Å². The van der Waals surface area contributed by atoms with E-state index in [1.165, 1.54) is 30.6 Å². The highest BCUT2D eigenvalue weighted by Gasteiger charge is 2.17. The van der Waals surface area contributed by atoms with Crippen molar-refractivity contribution in [3.05, 3.63) is 46.4 Å². The van der Waals surface area contributed by atoms with E-state index in [1.54, 1.807) is 6.92 Å². The Labute approximate surface area is 108 Å². The van der Waals surface area contributed by atoms with Gasteiger partial charge in [0.25, 0.3) is 5.69 Å². The van der Waals surface area contributed by atoms with Crippen molar-refractivity contribution in [2.24, 2.45) is 0 Å². The second kappa shape index (κ2) is 5.30. The van der Waals surface area contributed by atoms with E-state index in [2.05, 4.69) is 9.97 Å². The molecule has 0 bridgehead atoms. The molecule has 0 spiro atoms. The first-order valence-corrected chi connectivity index (χ1v) is 5.58. The second-order valence-electron chi connectivity index (χ2n) is 3.65. The number of nitro groups is 1. The molecule has 0 fully saturated rings. The summed E-state index contributed by atoms with van der Waals surface area (Å²) < 4.78 is 4.89. The van der Waals surface area contributed by atoms with Crippen molar-refractivity contribution in [1.29, 1.82) is 0 Å². The van der Waals surface area contributed by atoms with Crippen LogP contribution in [-0.2, 0) is 4.74 Å². The molecule has 0 saturated heterocycles. The van der Waals surface area contributed by atoms with E-state index >= 15 is 0 Å². The number of aromatic nitrogens is 2. The van der Waals surface area contributed by atoms with Crippen LogP contribution in [0.4, 0.5) is 5.69 Å². The predicted molar refractivity (Wildman–Crippen MR) is 66.6 cm³/mol. The molecule has 98 valence electrons. The van der Waals surface area contributed by atoms with E-state index in [4.69, 9.17) is 4.74 Å². The highest BCUT2D eigenvalue weighted by Crippen LogP contribution is 2.23. The number of imidazole rings is 1. The largest absolute Gasteiger partial charge is 0.461 e. The molecule has 2 aromatic rings. The molecular formula is C12H11N3O4. The number of nitrogens with one attached hydrogen (secondary N) is 1. The molecule has 1 aromatic heterocycles. The number of carbonyl (C=O) groups excluding carboxylic acids is 1. The van der Waals surface area contributed by atoms with Crippen LogP contribution in [0.15, 0.2) is 30.6 Å². The molecule has 1 aromatic carbocycles. The van der Waals surface area contributed by atoms with Gasteiger partial charge in [-0.05, 0) is 19.1 Å². The van der Waals surface area contributed by atoms with Crippen LogP contribution in [0.3, 0.4) is 0 Å². The second-order valence-corrected chi connectivity index (χ2v) is 3.65. The fourth-order valence-electron chi connectivity index (χ4n) is 1.61. The summed E-state index contributed by atoms with van der Waals surface area (Å²) in [7, 11) is 0. The topological polar surface area (TPSA) is 98.1 Å². The normalized spacial score (nSPS) is 10.2. The summed E-state index contributed by atoms with van der Waals surface area (Å²) in [5.74, 6) is -0.506. The summed E-state index contributed by atoms with van der Waals surface area (Å²) in [6, 6.07) is 5.80. The van der Waals surface area contributed by atoms with Crippen LogP contribution in [-0.4, -0.2) is 27.5 Å². The molecule has 0 unspecified atom stereocenters. The van der Waals surface area contributed by atoms with Crippen LogP contribution < -0.4 is 0 Å². The number of hydrogen-bond acceptors (Lipinski definition) is 5.